The van der Waals surface area contributed by atoms with Gasteiger partial charge in [-0.25, -0.2) is 9.97 Å². The molecule has 4 N–H and O–H groups in total. The van der Waals surface area contributed by atoms with E-state index in [9.17, 15) is 0 Å². The molecule has 1 aromatic rings. The van der Waals surface area contributed by atoms with Gasteiger partial charge in [0.05, 0.1) is 18.1 Å². The molecule has 1 saturated heterocycles. The van der Waals surface area contributed by atoms with Crippen LogP contribution in [0.25, 0.3) is 0 Å². The van der Waals surface area contributed by atoms with Crippen molar-refractivity contribution in [3.05, 3.63) is 12.4 Å². The minimum atomic E-state index is 0. The minimum Gasteiger partial charge on any atom is -0.396 e. The zero-order valence-corrected chi connectivity index (χ0v) is 9.28. The largest absolute Gasteiger partial charge is 0.396 e. The summed E-state index contributed by atoms with van der Waals surface area (Å²) < 4.78 is 0. The second-order valence-corrected chi connectivity index (χ2v) is 3.64. The normalized spacial score (nSPS) is 17.3. The van der Waals surface area contributed by atoms with Gasteiger partial charge in [-0.05, 0) is 12.8 Å². The maximum Gasteiger partial charge on any atom is 0.225 e. The predicted octanol–water partition coefficient (Wildman–Crippen LogP) is 0.408. The molecule has 0 unspecified atom stereocenters. The molecule has 0 atom stereocenters. The summed E-state index contributed by atoms with van der Waals surface area (Å²) in [6.07, 6.45) is 5.29. The van der Waals surface area contributed by atoms with Crippen LogP contribution < -0.4 is 16.4 Å². The van der Waals surface area contributed by atoms with Crippen LogP contribution in [0.5, 0.6) is 0 Å². The summed E-state index contributed by atoms with van der Waals surface area (Å²) in [7, 11) is 0. The van der Waals surface area contributed by atoms with Gasteiger partial charge in [-0.15, -0.1) is 12.4 Å². The highest BCUT2D eigenvalue weighted by molar-refractivity contribution is 5.85. The number of anilines is 2. The molecule has 6 heteroatoms. The predicted molar refractivity (Wildman–Crippen MR) is 63.1 cm³/mol. The fourth-order valence-electron chi connectivity index (χ4n) is 1.59. The van der Waals surface area contributed by atoms with Gasteiger partial charge in [-0.1, -0.05) is 0 Å². The summed E-state index contributed by atoms with van der Waals surface area (Å²) in [6.45, 7) is 1.87. The van der Waals surface area contributed by atoms with Crippen molar-refractivity contribution in [2.45, 2.75) is 18.9 Å². The Kier molecular flexibility index (Phi) is 4.11. The van der Waals surface area contributed by atoms with Gasteiger partial charge >= 0.3 is 0 Å². The van der Waals surface area contributed by atoms with Crippen molar-refractivity contribution in [2.75, 3.05) is 23.7 Å². The van der Waals surface area contributed by atoms with Crippen LogP contribution in [0.1, 0.15) is 12.8 Å². The first kappa shape index (κ1) is 12.0. The molecule has 0 saturated carbocycles. The quantitative estimate of drug-likeness (QED) is 0.729. The van der Waals surface area contributed by atoms with Gasteiger partial charge in [0.15, 0.2) is 0 Å². The summed E-state index contributed by atoms with van der Waals surface area (Å²) in [4.78, 5) is 10.5. The Bertz CT molecular complexity index is 294. The molecule has 1 aliphatic rings. The number of rotatable bonds is 1. The maximum atomic E-state index is 5.81. The van der Waals surface area contributed by atoms with Crippen LogP contribution in [0, 0.1) is 0 Å². The maximum absolute atomic E-state index is 5.81. The van der Waals surface area contributed by atoms with Crippen molar-refractivity contribution in [1.29, 1.82) is 0 Å². The summed E-state index contributed by atoms with van der Waals surface area (Å²) in [5, 5.41) is 0. The molecule has 1 fully saturated rings. The van der Waals surface area contributed by atoms with E-state index in [2.05, 4.69) is 14.9 Å². The third-order valence-electron chi connectivity index (χ3n) is 2.48. The van der Waals surface area contributed by atoms with Gasteiger partial charge in [0.2, 0.25) is 5.95 Å². The molecule has 0 spiro atoms. The molecule has 0 aromatic carbocycles. The molecule has 1 aliphatic heterocycles. The van der Waals surface area contributed by atoms with E-state index in [4.69, 9.17) is 11.5 Å². The Morgan fingerprint density at radius 2 is 1.73 bits per heavy atom. The second-order valence-electron chi connectivity index (χ2n) is 3.64. The highest BCUT2D eigenvalue weighted by Crippen LogP contribution is 2.14. The molecule has 84 valence electrons. The number of piperidine rings is 1. The van der Waals surface area contributed by atoms with Crippen molar-refractivity contribution < 1.29 is 0 Å². The van der Waals surface area contributed by atoms with Crippen molar-refractivity contribution >= 4 is 24.0 Å². The van der Waals surface area contributed by atoms with Crippen molar-refractivity contribution in [2.24, 2.45) is 5.73 Å². The lowest BCUT2D eigenvalue weighted by Gasteiger charge is -2.29. The zero-order valence-electron chi connectivity index (χ0n) is 8.47. The van der Waals surface area contributed by atoms with Crippen LogP contribution in [0.4, 0.5) is 11.6 Å². The number of halogens is 1. The lowest BCUT2D eigenvalue weighted by molar-refractivity contribution is 0.495. The molecule has 0 radical (unpaired) electrons. The monoisotopic (exact) mass is 229 g/mol. The Morgan fingerprint density at radius 3 is 2.27 bits per heavy atom. The van der Waals surface area contributed by atoms with Crippen LogP contribution in [0.15, 0.2) is 12.4 Å². The highest BCUT2D eigenvalue weighted by atomic mass is 35.5. The van der Waals surface area contributed by atoms with E-state index in [1.807, 2.05) is 0 Å². The SMILES string of the molecule is Cl.Nc1cnc(N2CCC(N)CC2)nc1. The highest BCUT2D eigenvalue weighted by Gasteiger charge is 2.17. The summed E-state index contributed by atoms with van der Waals surface area (Å²) >= 11 is 0. The first-order chi connectivity index (χ1) is 6.75. The van der Waals surface area contributed by atoms with Crippen LogP contribution in [0.3, 0.4) is 0 Å². The number of nitrogens with zero attached hydrogens (tertiary/aromatic N) is 3. The van der Waals surface area contributed by atoms with Crippen molar-refractivity contribution in [1.82, 2.24) is 9.97 Å². The summed E-state index contributed by atoms with van der Waals surface area (Å²) in [6, 6.07) is 0.333. The fraction of sp³-hybridized carbons (Fsp3) is 0.556. The van der Waals surface area contributed by atoms with Crippen LogP contribution in [0.2, 0.25) is 0 Å². The van der Waals surface area contributed by atoms with Gasteiger partial charge in [-0.2, -0.15) is 0 Å². The first-order valence-corrected chi connectivity index (χ1v) is 4.84. The number of nitrogens with two attached hydrogens (primary N) is 2. The average molecular weight is 230 g/mol. The Hall–Kier alpha value is -1.07. The van der Waals surface area contributed by atoms with Crippen molar-refractivity contribution in [3.8, 4) is 0 Å². The third-order valence-corrected chi connectivity index (χ3v) is 2.48. The topological polar surface area (TPSA) is 81.1 Å². The van der Waals surface area contributed by atoms with Gasteiger partial charge in [0, 0.05) is 19.1 Å². The third kappa shape index (κ3) is 2.94. The van der Waals surface area contributed by atoms with Gasteiger partial charge in [0.25, 0.3) is 0 Å². The number of nitrogen functional groups attached to an aromatic ring is 1. The zero-order chi connectivity index (χ0) is 9.97. The molecule has 0 amide bonds. The van der Waals surface area contributed by atoms with E-state index in [1.54, 1.807) is 12.4 Å². The number of hydrogen-bond acceptors (Lipinski definition) is 5. The number of aromatic nitrogens is 2. The molecule has 1 aromatic heterocycles. The lowest BCUT2D eigenvalue weighted by atomic mass is 10.1. The lowest BCUT2D eigenvalue weighted by Crippen LogP contribution is -2.40. The Labute approximate surface area is 95.3 Å². The molecule has 5 nitrogen and oxygen atoms in total. The van der Waals surface area contributed by atoms with Crippen molar-refractivity contribution in [3.63, 3.8) is 0 Å². The van der Waals surface area contributed by atoms with E-state index < -0.39 is 0 Å². The summed E-state index contributed by atoms with van der Waals surface area (Å²) in [5.74, 6) is 0.756. The summed E-state index contributed by atoms with van der Waals surface area (Å²) in [5.41, 5.74) is 11.9. The van der Waals surface area contributed by atoms with E-state index in [0.29, 0.717) is 11.7 Å². The van der Waals surface area contributed by atoms with Gasteiger partial charge in [0.1, 0.15) is 0 Å². The Morgan fingerprint density at radius 1 is 1.20 bits per heavy atom. The average Bonchev–Trinajstić information content (AvgIpc) is 2.21. The Balaban J connectivity index is 0.00000112. The molecule has 2 heterocycles. The number of hydrogen-bond donors (Lipinski definition) is 2. The van der Waals surface area contributed by atoms with Crippen LogP contribution >= 0.6 is 12.4 Å². The van der Waals surface area contributed by atoms with E-state index in [-0.39, 0.29) is 12.4 Å². The van der Waals surface area contributed by atoms with Gasteiger partial charge < -0.3 is 16.4 Å². The molecule has 2 rings (SSSR count). The minimum absolute atomic E-state index is 0. The molecular weight excluding hydrogens is 214 g/mol. The van der Waals surface area contributed by atoms with E-state index >= 15 is 0 Å². The van der Waals surface area contributed by atoms with E-state index in [1.165, 1.54) is 0 Å². The molecule has 0 aliphatic carbocycles. The molecule has 0 bridgehead atoms. The first-order valence-electron chi connectivity index (χ1n) is 4.84. The standard InChI is InChI=1S/C9H15N5.ClH/c10-7-1-3-14(4-2-7)9-12-5-8(11)6-13-9;/h5-7H,1-4,10-11H2;1H. The fourth-order valence-corrected chi connectivity index (χ4v) is 1.59. The van der Waals surface area contributed by atoms with E-state index in [0.717, 1.165) is 31.9 Å². The van der Waals surface area contributed by atoms with Gasteiger partial charge in [-0.3, -0.25) is 0 Å². The van der Waals surface area contributed by atoms with Crippen LogP contribution in [-0.2, 0) is 0 Å². The van der Waals surface area contributed by atoms with Crippen LogP contribution in [-0.4, -0.2) is 29.1 Å². The second kappa shape index (κ2) is 5.14. The molecule has 15 heavy (non-hydrogen) atoms. The molecular formula is C9H16ClN5. The smallest absolute Gasteiger partial charge is 0.225 e.